The predicted molar refractivity (Wildman–Crippen MR) is 149 cm³/mol. The van der Waals surface area contributed by atoms with Crippen molar-refractivity contribution in [1.82, 2.24) is 5.43 Å². The van der Waals surface area contributed by atoms with E-state index < -0.39 is 0 Å². The lowest BCUT2D eigenvalue weighted by Crippen LogP contribution is -2.19. The molecular weight excluding hydrogens is 508 g/mol. The largest absolute Gasteiger partial charge is 0.488 e. The number of halogens is 1. The van der Waals surface area contributed by atoms with Gasteiger partial charge in [0, 0.05) is 15.5 Å². The molecule has 0 aliphatic rings. The molecule has 4 aromatic rings. The van der Waals surface area contributed by atoms with Crippen molar-refractivity contribution in [3.05, 3.63) is 107 Å². The molecule has 0 radical (unpaired) electrons. The number of fused-ring (bicyclic) bond motifs is 1. The maximum Gasteiger partial charge on any atom is 0.338 e. The van der Waals surface area contributed by atoms with Gasteiger partial charge >= 0.3 is 5.97 Å². The number of rotatable bonds is 10. The van der Waals surface area contributed by atoms with Gasteiger partial charge in [-0.15, -0.1) is 11.8 Å². The number of nitrogens with zero attached hydrogens (tertiary/aromatic N) is 1. The molecule has 4 rings (SSSR count). The first-order valence-corrected chi connectivity index (χ1v) is 13.0. The number of amides is 1. The van der Waals surface area contributed by atoms with E-state index in [1.165, 1.54) is 18.0 Å². The fraction of sp³-hybridized carbons (Fsp3) is 0.138. The summed E-state index contributed by atoms with van der Waals surface area (Å²) < 4.78 is 11.0. The highest BCUT2D eigenvalue weighted by molar-refractivity contribution is 8.00. The lowest BCUT2D eigenvalue weighted by atomic mass is 10.1. The number of carbonyl (C=O) groups is 2. The number of esters is 1. The van der Waals surface area contributed by atoms with Crippen LogP contribution in [-0.2, 0) is 16.1 Å². The Labute approximate surface area is 224 Å². The summed E-state index contributed by atoms with van der Waals surface area (Å²) in [5.74, 6) is 0.206. The highest BCUT2D eigenvalue weighted by Gasteiger charge is 2.08. The van der Waals surface area contributed by atoms with Gasteiger partial charge in [0.2, 0.25) is 5.91 Å². The lowest BCUT2D eigenvalue weighted by Gasteiger charge is -2.10. The van der Waals surface area contributed by atoms with Crippen molar-refractivity contribution in [3.8, 4) is 5.75 Å². The average Bonchev–Trinajstić information content (AvgIpc) is 2.92. The monoisotopic (exact) mass is 532 g/mol. The number of hydrogen-bond acceptors (Lipinski definition) is 6. The van der Waals surface area contributed by atoms with Crippen LogP contribution in [0.1, 0.15) is 28.4 Å². The smallest absolute Gasteiger partial charge is 0.338 e. The Bertz CT molecular complexity index is 1420. The first-order valence-electron chi connectivity index (χ1n) is 11.6. The van der Waals surface area contributed by atoms with Crippen LogP contribution in [0.4, 0.5) is 0 Å². The molecule has 188 valence electrons. The molecule has 6 nitrogen and oxygen atoms in total. The van der Waals surface area contributed by atoms with Gasteiger partial charge in [-0.2, -0.15) is 5.10 Å². The summed E-state index contributed by atoms with van der Waals surface area (Å²) in [5.41, 5.74) is 4.55. The van der Waals surface area contributed by atoms with E-state index in [1.807, 2.05) is 54.6 Å². The highest BCUT2D eigenvalue weighted by Crippen LogP contribution is 2.27. The maximum atomic E-state index is 12.4. The molecule has 0 heterocycles. The van der Waals surface area contributed by atoms with Gasteiger partial charge in [-0.1, -0.05) is 60.1 Å². The Balaban J connectivity index is 1.34. The molecule has 0 aromatic heterocycles. The van der Waals surface area contributed by atoms with Gasteiger partial charge in [0.15, 0.2) is 0 Å². The second-order valence-corrected chi connectivity index (χ2v) is 9.40. The average molecular weight is 533 g/mol. The van der Waals surface area contributed by atoms with Crippen LogP contribution in [0.3, 0.4) is 0 Å². The van der Waals surface area contributed by atoms with Gasteiger partial charge in [0.25, 0.3) is 0 Å². The summed E-state index contributed by atoms with van der Waals surface area (Å²) in [7, 11) is 0. The van der Waals surface area contributed by atoms with Crippen molar-refractivity contribution in [2.24, 2.45) is 5.10 Å². The third-order valence-corrected chi connectivity index (χ3v) is 6.64. The second-order valence-electron chi connectivity index (χ2n) is 7.95. The quantitative estimate of drug-likeness (QED) is 0.109. The topological polar surface area (TPSA) is 77.0 Å². The molecular formula is C29H25ClN2O4S. The first kappa shape index (κ1) is 26.3. The molecule has 0 bridgehead atoms. The number of ether oxygens (including phenoxy) is 2. The summed E-state index contributed by atoms with van der Waals surface area (Å²) in [6.07, 6.45) is 1.51. The molecule has 0 aliphatic carbocycles. The number of hydrogen-bond donors (Lipinski definition) is 1. The van der Waals surface area contributed by atoms with Crippen molar-refractivity contribution >= 4 is 52.2 Å². The highest BCUT2D eigenvalue weighted by atomic mass is 35.5. The molecule has 4 aromatic carbocycles. The molecule has 0 atom stereocenters. The van der Waals surface area contributed by atoms with E-state index in [-0.39, 0.29) is 24.2 Å². The van der Waals surface area contributed by atoms with E-state index in [0.717, 1.165) is 21.2 Å². The molecule has 0 saturated heterocycles. The second kappa shape index (κ2) is 12.9. The number of benzene rings is 4. The zero-order chi connectivity index (χ0) is 26.0. The number of nitrogens with one attached hydrogen (secondary N) is 1. The summed E-state index contributed by atoms with van der Waals surface area (Å²) in [4.78, 5) is 25.2. The van der Waals surface area contributed by atoms with E-state index in [9.17, 15) is 9.59 Å². The van der Waals surface area contributed by atoms with Crippen LogP contribution >= 0.6 is 23.4 Å². The van der Waals surface area contributed by atoms with E-state index >= 15 is 0 Å². The lowest BCUT2D eigenvalue weighted by molar-refractivity contribution is -0.118. The summed E-state index contributed by atoms with van der Waals surface area (Å²) in [6, 6.07) is 26.3. The Morgan fingerprint density at radius 3 is 2.59 bits per heavy atom. The minimum atomic E-state index is -0.358. The maximum absolute atomic E-state index is 12.4. The summed E-state index contributed by atoms with van der Waals surface area (Å²) >= 11 is 7.62. The SMILES string of the molecule is CCOC(=O)c1ccc(COc2ccc(Cl)cc2/C=N\NC(=O)CSc2cccc3ccccc23)cc1. The molecule has 0 saturated carbocycles. The van der Waals surface area contributed by atoms with Crippen LogP contribution in [0.15, 0.2) is 94.9 Å². The molecule has 0 unspecified atom stereocenters. The normalized spacial score (nSPS) is 11.0. The van der Waals surface area contributed by atoms with Crippen molar-refractivity contribution in [1.29, 1.82) is 0 Å². The summed E-state index contributed by atoms with van der Waals surface area (Å²) in [5, 5.41) is 6.86. The zero-order valence-electron chi connectivity index (χ0n) is 20.1. The van der Waals surface area contributed by atoms with Crippen molar-refractivity contribution in [2.75, 3.05) is 12.4 Å². The van der Waals surface area contributed by atoms with Crippen molar-refractivity contribution in [3.63, 3.8) is 0 Å². The first-order chi connectivity index (χ1) is 18.0. The molecule has 0 spiro atoms. The number of carbonyl (C=O) groups excluding carboxylic acids is 2. The van der Waals surface area contributed by atoms with Gasteiger partial charge in [-0.3, -0.25) is 4.79 Å². The molecule has 37 heavy (non-hydrogen) atoms. The standard InChI is InChI=1S/C29H25ClN2O4S/c1-2-35-29(34)22-12-10-20(11-13-22)18-36-26-15-14-24(30)16-23(26)17-31-32-28(33)19-37-27-9-5-7-21-6-3-4-8-25(21)27/h3-17H,2,18-19H2,1H3,(H,32,33)/b31-17-. The fourth-order valence-electron chi connectivity index (χ4n) is 3.54. The number of thioether (sulfide) groups is 1. The van der Waals surface area contributed by atoms with Gasteiger partial charge in [0.05, 0.1) is 24.1 Å². The van der Waals surface area contributed by atoms with Crippen LogP contribution in [0.25, 0.3) is 10.8 Å². The van der Waals surface area contributed by atoms with Gasteiger partial charge < -0.3 is 9.47 Å². The van der Waals surface area contributed by atoms with E-state index in [0.29, 0.717) is 28.5 Å². The minimum Gasteiger partial charge on any atom is -0.488 e. The minimum absolute atomic E-state index is 0.222. The van der Waals surface area contributed by atoms with E-state index in [1.54, 1.807) is 37.3 Å². The molecule has 0 fully saturated rings. The van der Waals surface area contributed by atoms with Crippen molar-refractivity contribution in [2.45, 2.75) is 18.4 Å². The Morgan fingerprint density at radius 1 is 1.00 bits per heavy atom. The van der Waals surface area contributed by atoms with E-state index in [2.05, 4.69) is 10.5 Å². The fourth-order valence-corrected chi connectivity index (χ4v) is 4.58. The Hall–Kier alpha value is -3.81. The number of hydrazone groups is 1. The van der Waals surface area contributed by atoms with Crippen LogP contribution in [0, 0.1) is 0 Å². The molecule has 1 N–H and O–H groups in total. The third-order valence-electron chi connectivity index (χ3n) is 5.33. The molecule has 1 amide bonds. The van der Waals surface area contributed by atoms with Gasteiger partial charge in [-0.25, -0.2) is 10.2 Å². The summed E-state index contributed by atoms with van der Waals surface area (Å²) in [6.45, 7) is 2.37. The molecule has 8 heteroatoms. The van der Waals surface area contributed by atoms with Crippen molar-refractivity contribution < 1.29 is 19.1 Å². The van der Waals surface area contributed by atoms with Gasteiger partial charge in [0.1, 0.15) is 12.4 Å². The predicted octanol–water partition coefficient (Wildman–Crippen LogP) is 6.49. The van der Waals surface area contributed by atoms with Crippen LogP contribution in [0.2, 0.25) is 5.02 Å². The van der Waals surface area contributed by atoms with Crippen LogP contribution in [-0.4, -0.2) is 30.5 Å². The zero-order valence-corrected chi connectivity index (χ0v) is 21.7. The van der Waals surface area contributed by atoms with E-state index in [4.69, 9.17) is 21.1 Å². The van der Waals surface area contributed by atoms with Crippen LogP contribution in [0.5, 0.6) is 5.75 Å². The Kier molecular flexibility index (Phi) is 9.18. The molecule has 0 aliphatic heterocycles. The van der Waals surface area contributed by atoms with Gasteiger partial charge in [-0.05, 0) is 59.7 Å². The van der Waals surface area contributed by atoms with Crippen LogP contribution < -0.4 is 10.2 Å². The Morgan fingerprint density at radius 2 is 1.78 bits per heavy atom. The third kappa shape index (κ3) is 7.35.